The van der Waals surface area contributed by atoms with Crippen molar-refractivity contribution in [1.29, 1.82) is 0 Å². The molecule has 3 rings (SSSR count). The standard InChI is InChI=1S/C14H12N2O/c1-10-14(17)9-16(15-10)13-7-6-11-4-2-3-5-12(11)8-13/h2-8H,9H2,1H3. The summed E-state index contributed by atoms with van der Waals surface area (Å²) in [5.41, 5.74) is 1.55. The zero-order valence-corrected chi connectivity index (χ0v) is 9.55. The van der Waals surface area contributed by atoms with Gasteiger partial charge in [0.15, 0.2) is 5.78 Å². The maximum Gasteiger partial charge on any atom is 0.199 e. The van der Waals surface area contributed by atoms with Gasteiger partial charge in [0.1, 0.15) is 12.3 Å². The maximum absolute atomic E-state index is 11.4. The van der Waals surface area contributed by atoms with E-state index < -0.39 is 0 Å². The van der Waals surface area contributed by atoms with Crippen LogP contribution in [0.5, 0.6) is 0 Å². The molecule has 0 atom stereocenters. The molecule has 0 amide bonds. The largest absolute Gasteiger partial charge is 0.291 e. The van der Waals surface area contributed by atoms with E-state index in [4.69, 9.17) is 0 Å². The summed E-state index contributed by atoms with van der Waals surface area (Å²) in [7, 11) is 0. The highest BCUT2D eigenvalue weighted by Gasteiger charge is 2.21. The number of anilines is 1. The molecule has 3 heteroatoms. The van der Waals surface area contributed by atoms with Crippen molar-refractivity contribution in [3.05, 3.63) is 42.5 Å². The van der Waals surface area contributed by atoms with E-state index in [1.54, 1.807) is 11.9 Å². The molecule has 0 unspecified atom stereocenters. The Hall–Kier alpha value is -2.16. The van der Waals surface area contributed by atoms with Gasteiger partial charge in [0.2, 0.25) is 0 Å². The fourth-order valence-electron chi connectivity index (χ4n) is 2.01. The number of hydrogen-bond acceptors (Lipinski definition) is 3. The third kappa shape index (κ3) is 1.69. The lowest BCUT2D eigenvalue weighted by Crippen LogP contribution is -2.17. The fourth-order valence-corrected chi connectivity index (χ4v) is 2.01. The average molecular weight is 224 g/mol. The van der Waals surface area contributed by atoms with Crippen LogP contribution in [0.1, 0.15) is 6.92 Å². The van der Waals surface area contributed by atoms with Gasteiger partial charge < -0.3 is 0 Å². The second-order valence-electron chi connectivity index (χ2n) is 4.20. The Morgan fingerprint density at radius 2 is 1.88 bits per heavy atom. The second kappa shape index (κ2) is 3.70. The molecule has 1 aliphatic rings. The van der Waals surface area contributed by atoms with Crippen LogP contribution in [0, 0.1) is 0 Å². The van der Waals surface area contributed by atoms with E-state index in [9.17, 15) is 4.79 Å². The van der Waals surface area contributed by atoms with E-state index in [1.165, 1.54) is 5.39 Å². The molecule has 0 fully saturated rings. The summed E-state index contributed by atoms with van der Waals surface area (Å²) in [6.07, 6.45) is 0. The number of ketones is 1. The van der Waals surface area contributed by atoms with Gasteiger partial charge in [-0.3, -0.25) is 9.80 Å². The second-order valence-corrected chi connectivity index (χ2v) is 4.20. The van der Waals surface area contributed by atoms with Gasteiger partial charge in [-0.25, -0.2) is 0 Å². The number of benzene rings is 2. The van der Waals surface area contributed by atoms with Gasteiger partial charge in [-0.2, -0.15) is 5.10 Å². The van der Waals surface area contributed by atoms with Crippen molar-refractivity contribution in [2.45, 2.75) is 6.92 Å². The van der Waals surface area contributed by atoms with Crippen molar-refractivity contribution in [3.63, 3.8) is 0 Å². The van der Waals surface area contributed by atoms with E-state index in [1.807, 2.05) is 18.2 Å². The predicted octanol–water partition coefficient (Wildman–Crippen LogP) is 2.60. The first-order valence-corrected chi connectivity index (χ1v) is 5.59. The smallest absolute Gasteiger partial charge is 0.199 e. The molecule has 17 heavy (non-hydrogen) atoms. The van der Waals surface area contributed by atoms with Crippen LogP contribution in [0.4, 0.5) is 5.69 Å². The quantitative estimate of drug-likeness (QED) is 0.745. The first-order valence-electron chi connectivity index (χ1n) is 5.59. The topological polar surface area (TPSA) is 32.7 Å². The van der Waals surface area contributed by atoms with E-state index in [2.05, 4.69) is 29.4 Å². The van der Waals surface area contributed by atoms with Gasteiger partial charge in [-0.15, -0.1) is 0 Å². The number of hydrogen-bond donors (Lipinski definition) is 0. The lowest BCUT2D eigenvalue weighted by molar-refractivity contribution is -0.111. The third-order valence-corrected chi connectivity index (χ3v) is 3.00. The first-order chi connectivity index (χ1) is 8.24. The Morgan fingerprint density at radius 1 is 1.12 bits per heavy atom. The molecule has 0 spiro atoms. The Morgan fingerprint density at radius 3 is 2.59 bits per heavy atom. The predicted molar refractivity (Wildman–Crippen MR) is 69.4 cm³/mol. The van der Waals surface area contributed by atoms with Crippen molar-refractivity contribution in [1.82, 2.24) is 0 Å². The monoisotopic (exact) mass is 224 g/mol. The molecule has 0 aromatic heterocycles. The minimum Gasteiger partial charge on any atom is -0.291 e. The van der Waals surface area contributed by atoms with Crippen molar-refractivity contribution < 1.29 is 4.79 Å². The maximum atomic E-state index is 11.4. The summed E-state index contributed by atoms with van der Waals surface area (Å²) in [5, 5.41) is 8.36. The highest BCUT2D eigenvalue weighted by molar-refractivity contribution is 6.42. The Labute approximate surface area is 99.4 Å². The Kier molecular flexibility index (Phi) is 2.18. The van der Waals surface area contributed by atoms with Crippen molar-refractivity contribution in [3.8, 4) is 0 Å². The molecule has 1 aliphatic heterocycles. The van der Waals surface area contributed by atoms with Gasteiger partial charge in [-0.05, 0) is 29.8 Å². The zero-order chi connectivity index (χ0) is 11.8. The summed E-state index contributed by atoms with van der Waals surface area (Å²) >= 11 is 0. The molecule has 2 aromatic rings. The van der Waals surface area contributed by atoms with Crippen LogP contribution >= 0.6 is 0 Å². The van der Waals surface area contributed by atoms with E-state index in [0.717, 1.165) is 11.1 Å². The molecule has 0 saturated heterocycles. The molecule has 3 nitrogen and oxygen atoms in total. The molecule has 1 heterocycles. The van der Waals surface area contributed by atoms with Crippen LogP contribution in [0.25, 0.3) is 10.8 Å². The summed E-state index contributed by atoms with van der Waals surface area (Å²) in [6.45, 7) is 2.10. The minimum atomic E-state index is 0.0955. The van der Waals surface area contributed by atoms with Crippen LogP contribution in [0.15, 0.2) is 47.6 Å². The minimum absolute atomic E-state index is 0.0955. The third-order valence-electron chi connectivity index (χ3n) is 3.00. The molecular weight excluding hydrogens is 212 g/mol. The molecule has 0 aliphatic carbocycles. The molecule has 0 saturated carbocycles. The van der Waals surface area contributed by atoms with Crippen LogP contribution < -0.4 is 5.01 Å². The first kappa shape index (κ1) is 10.0. The average Bonchev–Trinajstić information content (AvgIpc) is 2.69. The highest BCUT2D eigenvalue weighted by Crippen LogP contribution is 2.23. The Balaban J connectivity index is 2.05. The van der Waals surface area contributed by atoms with Crippen LogP contribution in [-0.2, 0) is 4.79 Å². The van der Waals surface area contributed by atoms with Gasteiger partial charge in [0, 0.05) is 0 Å². The molecule has 84 valence electrons. The lowest BCUT2D eigenvalue weighted by Gasteiger charge is -2.13. The number of nitrogens with zero attached hydrogens (tertiary/aromatic N) is 2. The lowest BCUT2D eigenvalue weighted by atomic mass is 10.1. The van der Waals surface area contributed by atoms with Crippen LogP contribution in [-0.4, -0.2) is 18.0 Å². The number of Topliss-reactive ketones (excluding diaryl/α,β-unsaturated/α-hetero) is 1. The molecular formula is C14H12N2O. The zero-order valence-electron chi connectivity index (χ0n) is 9.55. The number of fused-ring (bicyclic) bond motifs is 1. The normalized spacial score (nSPS) is 15.5. The summed E-state index contributed by atoms with van der Waals surface area (Å²) < 4.78 is 0. The van der Waals surface area contributed by atoms with Crippen molar-refractivity contribution >= 4 is 28.0 Å². The SMILES string of the molecule is CC1=NN(c2ccc3ccccc3c2)CC1=O. The number of hydrazone groups is 1. The molecule has 0 bridgehead atoms. The molecule has 0 N–H and O–H groups in total. The van der Waals surface area contributed by atoms with E-state index >= 15 is 0 Å². The molecule has 2 aromatic carbocycles. The number of rotatable bonds is 1. The van der Waals surface area contributed by atoms with Gasteiger partial charge in [0.25, 0.3) is 0 Å². The van der Waals surface area contributed by atoms with Crippen LogP contribution in [0.2, 0.25) is 0 Å². The van der Waals surface area contributed by atoms with Gasteiger partial charge in [0.05, 0.1) is 5.69 Å². The number of carbonyl (C=O) groups is 1. The highest BCUT2D eigenvalue weighted by atomic mass is 16.1. The van der Waals surface area contributed by atoms with E-state index in [-0.39, 0.29) is 5.78 Å². The summed E-state index contributed by atoms with van der Waals surface area (Å²) in [4.78, 5) is 11.4. The van der Waals surface area contributed by atoms with E-state index in [0.29, 0.717) is 12.3 Å². The van der Waals surface area contributed by atoms with Gasteiger partial charge in [-0.1, -0.05) is 30.3 Å². The number of carbonyl (C=O) groups excluding carboxylic acids is 1. The fraction of sp³-hybridized carbons (Fsp3) is 0.143. The van der Waals surface area contributed by atoms with Crippen molar-refractivity contribution in [2.24, 2.45) is 5.10 Å². The van der Waals surface area contributed by atoms with Gasteiger partial charge >= 0.3 is 0 Å². The Bertz CT molecular complexity index is 631. The molecule has 0 radical (unpaired) electrons. The summed E-state index contributed by atoms with van der Waals surface area (Å²) in [6, 6.07) is 14.3. The van der Waals surface area contributed by atoms with Crippen LogP contribution in [0.3, 0.4) is 0 Å². The summed E-state index contributed by atoms with van der Waals surface area (Å²) in [5.74, 6) is 0.0955. The van der Waals surface area contributed by atoms with Crippen molar-refractivity contribution in [2.75, 3.05) is 11.6 Å².